The molecule has 3 aromatic rings. The number of hydrogen-bond acceptors (Lipinski definition) is 4. The fourth-order valence-corrected chi connectivity index (χ4v) is 4.94. The van der Waals surface area contributed by atoms with Crippen molar-refractivity contribution < 1.29 is 23.5 Å². The highest BCUT2D eigenvalue weighted by atomic mass is 19.1. The molecule has 3 rings (SSSR count). The molecular formula is C33H40F2N2O3. The lowest BCUT2D eigenvalue weighted by Gasteiger charge is -2.25. The summed E-state index contributed by atoms with van der Waals surface area (Å²) in [4.78, 5) is 26.4. The van der Waals surface area contributed by atoms with Gasteiger partial charge in [0.15, 0.2) is 5.78 Å². The Morgan fingerprint density at radius 2 is 1.50 bits per heavy atom. The predicted molar refractivity (Wildman–Crippen MR) is 154 cm³/mol. The van der Waals surface area contributed by atoms with E-state index in [1.165, 1.54) is 17.7 Å². The average molecular weight is 551 g/mol. The van der Waals surface area contributed by atoms with E-state index in [-0.39, 0.29) is 24.7 Å². The van der Waals surface area contributed by atoms with Gasteiger partial charge in [-0.1, -0.05) is 45.0 Å². The molecule has 0 bridgehead atoms. The maximum Gasteiger partial charge on any atom is 0.251 e. The molecule has 0 aromatic heterocycles. The first-order chi connectivity index (χ1) is 19.1. The summed E-state index contributed by atoms with van der Waals surface area (Å²) in [5.41, 5.74) is 4.11. The third kappa shape index (κ3) is 8.80. The van der Waals surface area contributed by atoms with E-state index in [1.54, 1.807) is 18.2 Å². The van der Waals surface area contributed by atoms with Crippen LogP contribution >= 0.6 is 0 Å². The van der Waals surface area contributed by atoms with Crippen molar-refractivity contribution in [1.29, 1.82) is 0 Å². The highest BCUT2D eigenvalue weighted by Gasteiger charge is 2.24. The number of carbonyl (C=O) groups is 2. The van der Waals surface area contributed by atoms with Crippen LogP contribution in [0.4, 0.5) is 8.78 Å². The average Bonchev–Trinajstić information content (AvgIpc) is 2.92. The van der Waals surface area contributed by atoms with Crippen LogP contribution in [0.3, 0.4) is 0 Å². The Bertz CT molecular complexity index is 1290. The van der Waals surface area contributed by atoms with E-state index >= 15 is 0 Å². The Kier molecular flexibility index (Phi) is 11.5. The van der Waals surface area contributed by atoms with Crippen molar-refractivity contribution in [3.63, 3.8) is 0 Å². The van der Waals surface area contributed by atoms with Crippen LogP contribution in [0, 0.1) is 24.5 Å². The zero-order valence-corrected chi connectivity index (χ0v) is 23.8. The van der Waals surface area contributed by atoms with Crippen LogP contribution in [-0.2, 0) is 19.4 Å². The lowest BCUT2D eigenvalue weighted by atomic mass is 9.91. The monoisotopic (exact) mass is 550 g/mol. The lowest BCUT2D eigenvalue weighted by Crippen LogP contribution is -2.48. The van der Waals surface area contributed by atoms with Gasteiger partial charge in [0.25, 0.3) is 5.91 Å². The van der Waals surface area contributed by atoms with Crippen molar-refractivity contribution in [2.75, 3.05) is 6.54 Å². The molecule has 0 radical (unpaired) electrons. The zero-order valence-electron chi connectivity index (χ0n) is 23.8. The van der Waals surface area contributed by atoms with Crippen LogP contribution in [0.2, 0.25) is 0 Å². The third-order valence-electron chi connectivity index (χ3n) is 7.22. The molecule has 0 heterocycles. The molecule has 0 saturated carbocycles. The third-order valence-corrected chi connectivity index (χ3v) is 7.22. The number of benzene rings is 3. The van der Waals surface area contributed by atoms with Crippen molar-refractivity contribution in [3.05, 3.63) is 106 Å². The minimum absolute atomic E-state index is 0.00841. The molecule has 214 valence electrons. The first-order valence-electron chi connectivity index (χ1n) is 14.0. The van der Waals surface area contributed by atoms with E-state index in [4.69, 9.17) is 0 Å². The van der Waals surface area contributed by atoms with Gasteiger partial charge in [0.05, 0.1) is 12.1 Å². The quantitative estimate of drug-likeness (QED) is 0.217. The van der Waals surface area contributed by atoms with Crippen LogP contribution in [0.15, 0.2) is 60.7 Å². The van der Waals surface area contributed by atoms with Crippen molar-refractivity contribution in [2.45, 2.75) is 72.1 Å². The van der Waals surface area contributed by atoms with Gasteiger partial charge in [-0.15, -0.1) is 0 Å². The van der Waals surface area contributed by atoms with E-state index < -0.39 is 29.7 Å². The standard InChI is InChI=1S/C33H40F2N2O3/c1-5-22-9-8-10-23(13-22)19-36-20-31(38)30(16-24-14-28(34)18-29(35)15-24)37-33(40)27-12-21(4)11-26(17-27)32(39)25(6-2)7-3/h8-15,17-18,25,30-31,36,38H,5-7,16,19-20H2,1-4H3,(H,37,40)/t30-,31+/m0/s1. The van der Waals surface area contributed by atoms with Gasteiger partial charge in [-0.3, -0.25) is 9.59 Å². The lowest BCUT2D eigenvalue weighted by molar-refractivity contribution is 0.0829. The first-order valence-corrected chi connectivity index (χ1v) is 14.0. The van der Waals surface area contributed by atoms with E-state index in [0.717, 1.165) is 23.6 Å². The number of ketones is 1. The molecule has 0 aliphatic carbocycles. The summed E-state index contributed by atoms with van der Waals surface area (Å²) >= 11 is 0. The number of Topliss-reactive ketones (excluding diaryl/α,β-unsaturated/α-hetero) is 1. The summed E-state index contributed by atoms with van der Waals surface area (Å²) in [7, 11) is 0. The zero-order chi connectivity index (χ0) is 29.2. The Balaban J connectivity index is 1.80. The summed E-state index contributed by atoms with van der Waals surface area (Å²) in [6.07, 6.45) is 1.29. The minimum Gasteiger partial charge on any atom is -0.390 e. The molecular weight excluding hydrogens is 510 g/mol. The largest absolute Gasteiger partial charge is 0.390 e. The summed E-state index contributed by atoms with van der Waals surface area (Å²) < 4.78 is 27.8. The summed E-state index contributed by atoms with van der Waals surface area (Å²) in [5.74, 6) is -2.07. The number of aliphatic hydroxyl groups excluding tert-OH is 1. The van der Waals surface area contributed by atoms with E-state index in [0.29, 0.717) is 36.1 Å². The molecule has 7 heteroatoms. The summed E-state index contributed by atoms with van der Waals surface area (Å²) in [6.45, 7) is 8.49. The highest BCUT2D eigenvalue weighted by Crippen LogP contribution is 2.19. The Morgan fingerprint density at radius 1 is 0.850 bits per heavy atom. The van der Waals surface area contributed by atoms with Gasteiger partial charge in [0.2, 0.25) is 0 Å². The maximum absolute atomic E-state index is 13.9. The SMILES string of the molecule is CCc1cccc(CNC[C@@H](O)[C@H](Cc2cc(F)cc(F)c2)NC(=O)c2cc(C)cc(C(=O)C(CC)CC)c2)c1. The van der Waals surface area contributed by atoms with Crippen molar-refractivity contribution in [1.82, 2.24) is 10.6 Å². The number of aryl methyl sites for hydroxylation is 2. The molecule has 0 aliphatic rings. The van der Waals surface area contributed by atoms with Crippen molar-refractivity contribution in [3.8, 4) is 0 Å². The van der Waals surface area contributed by atoms with E-state index in [2.05, 4.69) is 29.7 Å². The molecule has 0 aliphatic heterocycles. The molecule has 3 N–H and O–H groups in total. The molecule has 2 atom stereocenters. The Labute approximate surface area is 236 Å². The number of carbonyl (C=O) groups excluding carboxylic acids is 2. The molecule has 1 amide bonds. The van der Waals surface area contributed by atoms with Gasteiger partial charge in [0.1, 0.15) is 11.6 Å². The fraction of sp³-hybridized carbons (Fsp3) is 0.394. The Morgan fingerprint density at radius 3 is 2.15 bits per heavy atom. The highest BCUT2D eigenvalue weighted by molar-refractivity contribution is 6.02. The molecule has 5 nitrogen and oxygen atoms in total. The minimum atomic E-state index is -1.06. The molecule has 0 saturated heterocycles. The topological polar surface area (TPSA) is 78.4 Å². The van der Waals surface area contributed by atoms with E-state index in [1.807, 2.05) is 32.9 Å². The van der Waals surface area contributed by atoms with Crippen molar-refractivity contribution in [2.24, 2.45) is 5.92 Å². The van der Waals surface area contributed by atoms with E-state index in [9.17, 15) is 23.5 Å². The number of aliphatic hydroxyl groups is 1. The fourth-order valence-electron chi connectivity index (χ4n) is 4.94. The first kappa shape index (κ1) is 31.1. The molecule has 40 heavy (non-hydrogen) atoms. The molecule has 0 unspecified atom stereocenters. The van der Waals surface area contributed by atoms with Gasteiger partial charge >= 0.3 is 0 Å². The van der Waals surface area contributed by atoms with Gasteiger partial charge in [0, 0.05) is 36.2 Å². The van der Waals surface area contributed by atoms with Crippen LogP contribution in [0.1, 0.15) is 76.6 Å². The molecule has 3 aromatic carbocycles. The van der Waals surface area contributed by atoms with Crippen LogP contribution in [0.25, 0.3) is 0 Å². The summed E-state index contributed by atoms with van der Waals surface area (Å²) in [5, 5.41) is 17.2. The second-order valence-electron chi connectivity index (χ2n) is 10.4. The summed E-state index contributed by atoms with van der Waals surface area (Å²) in [6, 6.07) is 15.5. The molecule has 0 fully saturated rings. The van der Waals surface area contributed by atoms with Crippen LogP contribution < -0.4 is 10.6 Å². The second kappa shape index (κ2) is 14.8. The van der Waals surface area contributed by atoms with Crippen LogP contribution in [-0.4, -0.2) is 35.5 Å². The number of hydrogen-bond donors (Lipinski definition) is 3. The van der Waals surface area contributed by atoms with Gasteiger partial charge < -0.3 is 15.7 Å². The smallest absolute Gasteiger partial charge is 0.251 e. The second-order valence-corrected chi connectivity index (χ2v) is 10.4. The van der Waals surface area contributed by atoms with Crippen molar-refractivity contribution >= 4 is 11.7 Å². The predicted octanol–water partition coefficient (Wildman–Crippen LogP) is 5.95. The van der Waals surface area contributed by atoms with Crippen LogP contribution in [0.5, 0.6) is 0 Å². The maximum atomic E-state index is 13.9. The van der Waals surface area contributed by atoms with Gasteiger partial charge in [-0.2, -0.15) is 0 Å². The number of halogens is 2. The van der Waals surface area contributed by atoms with Gasteiger partial charge in [-0.25, -0.2) is 8.78 Å². The number of nitrogens with one attached hydrogen (secondary N) is 2. The number of rotatable bonds is 14. The van der Waals surface area contributed by atoms with Gasteiger partial charge in [-0.05, 0) is 85.2 Å². The normalized spacial score (nSPS) is 12.8. The molecule has 0 spiro atoms. The number of amides is 1. The Hall–Kier alpha value is -3.42.